The number of carboxylic acids is 1. The first kappa shape index (κ1) is 12.8. The molecule has 2 N–H and O–H groups in total. The molecule has 0 bridgehead atoms. The van der Waals surface area contributed by atoms with E-state index in [0.29, 0.717) is 22.2 Å². The second-order valence-corrected chi connectivity index (χ2v) is 4.11. The molecule has 1 unspecified atom stereocenters. The molecule has 0 amide bonds. The van der Waals surface area contributed by atoms with Crippen molar-refractivity contribution in [3.05, 3.63) is 22.2 Å². The van der Waals surface area contributed by atoms with Gasteiger partial charge in [-0.25, -0.2) is 0 Å². The third kappa shape index (κ3) is 2.29. The number of aliphatic carboxylic acids is 1. The van der Waals surface area contributed by atoms with Gasteiger partial charge in [-0.15, -0.1) is 0 Å². The Kier molecular flexibility index (Phi) is 4.18. The molecule has 0 fully saturated rings. The average Bonchev–Trinajstić information content (AvgIpc) is 2.25. The Labute approximate surface area is 102 Å². The molecule has 4 nitrogen and oxygen atoms in total. The van der Waals surface area contributed by atoms with Gasteiger partial charge in [-0.2, -0.15) is 0 Å². The highest BCUT2D eigenvalue weighted by Gasteiger charge is 2.23. The van der Waals surface area contributed by atoms with Crippen molar-refractivity contribution >= 4 is 21.9 Å². The quantitative estimate of drug-likeness (QED) is 0.894. The molecule has 0 aliphatic rings. The summed E-state index contributed by atoms with van der Waals surface area (Å²) in [5.74, 6) is -1.30. The van der Waals surface area contributed by atoms with E-state index in [9.17, 15) is 9.90 Å². The van der Waals surface area contributed by atoms with Gasteiger partial charge in [0.2, 0.25) is 0 Å². The predicted molar refractivity (Wildman–Crippen MR) is 63.0 cm³/mol. The van der Waals surface area contributed by atoms with E-state index >= 15 is 0 Å². The molecule has 1 aromatic rings. The number of phenolic OH excluding ortho intramolecular Hbond substituents is 1. The molecule has 0 saturated carbocycles. The van der Waals surface area contributed by atoms with Crippen molar-refractivity contribution in [2.24, 2.45) is 0 Å². The number of methoxy groups -OCH3 is 1. The SMILES string of the molecule is CCC(C(=O)O)c1ccc(OC)c(O)c1Br. The number of carbonyl (C=O) groups is 1. The molecule has 0 aliphatic carbocycles. The summed E-state index contributed by atoms with van der Waals surface area (Å²) in [6.45, 7) is 1.78. The molecule has 0 spiro atoms. The molecular formula is C11H13BrO4. The average molecular weight is 289 g/mol. The third-order valence-corrected chi connectivity index (χ3v) is 3.24. The van der Waals surface area contributed by atoms with E-state index < -0.39 is 11.9 Å². The zero-order valence-electron chi connectivity index (χ0n) is 9.03. The van der Waals surface area contributed by atoms with Crippen molar-refractivity contribution in [1.82, 2.24) is 0 Å². The Morgan fingerprint density at radius 1 is 1.56 bits per heavy atom. The maximum absolute atomic E-state index is 11.0. The predicted octanol–water partition coefficient (Wildman–Crippen LogP) is 2.74. The van der Waals surface area contributed by atoms with Gasteiger partial charge in [0.25, 0.3) is 0 Å². The minimum atomic E-state index is -0.909. The van der Waals surface area contributed by atoms with Crippen molar-refractivity contribution < 1.29 is 19.7 Å². The van der Waals surface area contributed by atoms with Crippen LogP contribution in [0.15, 0.2) is 16.6 Å². The number of halogens is 1. The second-order valence-electron chi connectivity index (χ2n) is 3.32. The molecule has 0 saturated heterocycles. The van der Waals surface area contributed by atoms with Crippen LogP contribution in [0.5, 0.6) is 11.5 Å². The van der Waals surface area contributed by atoms with E-state index in [1.165, 1.54) is 7.11 Å². The monoisotopic (exact) mass is 288 g/mol. The number of rotatable bonds is 4. The Balaban J connectivity index is 3.25. The number of ether oxygens (including phenoxy) is 1. The van der Waals surface area contributed by atoms with E-state index in [1.54, 1.807) is 19.1 Å². The van der Waals surface area contributed by atoms with Crippen LogP contribution in [-0.2, 0) is 4.79 Å². The Hall–Kier alpha value is -1.23. The number of hydrogen-bond acceptors (Lipinski definition) is 3. The molecule has 1 aromatic carbocycles. The molecule has 16 heavy (non-hydrogen) atoms. The zero-order chi connectivity index (χ0) is 12.3. The molecule has 0 aromatic heterocycles. The first-order valence-electron chi connectivity index (χ1n) is 4.81. The lowest BCUT2D eigenvalue weighted by Crippen LogP contribution is -2.11. The highest BCUT2D eigenvalue weighted by molar-refractivity contribution is 9.10. The van der Waals surface area contributed by atoms with Crippen LogP contribution in [0.4, 0.5) is 0 Å². The van der Waals surface area contributed by atoms with Gasteiger partial charge in [-0.1, -0.05) is 13.0 Å². The molecule has 0 heterocycles. The van der Waals surface area contributed by atoms with Gasteiger partial charge in [-0.3, -0.25) is 4.79 Å². The lowest BCUT2D eigenvalue weighted by atomic mass is 9.96. The van der Waals surface area contributed by atoms with Crippen molar-refractivity contribution in [3.63, 3.8) is 0 Å². The maximum Gasteiger partial charge on any atom is 0.311 e. The lowest BCUT2D eigenvalue weighted by Gasteiger charge is -2.14. The van der Waals surface area contributed by atoms with E-state index in [1.807, 2.05) is 0 Å². The van der Waals surface area contributed by atoms with Crippen LogP contribution >= 0.6 is 15.9 Å². The fourth-order valence-electron chi connectivity index (χ4n) is 1.52. The van der Waals surface area contributed by atoms with Crippen LogP contribution in [0.2, 0.25) is 0 Å². The van der Waals surface area contributed by atoms with Crippen LogP contribution in [0.3, 0.4) is 0 Å². The molecule has 1 atom stereocenters. The fourth-order valence-corrected chi connectivity index (χ4v) is 2.13. The normalized spacial score (nSPS) is 12.2. The van der Waals surface area contributed by atoms with E-state index in [4.69, 9.17) is 9.84 Å². The smallest absolute Gasteiger partial charge is 0.311 e. The van der Waals surface area contributed by atoms with Crippen molar-refractivity contribution in [2.75, 3.05) is 7.11 Å². The minimum Gasteiger partial charge on any atom is -0.503 e. The minimum absolute atomic E-state index is 0.0697. The molecular weight excluding hydrogens is 276 g/mol. The maximum atomic E-state index is 11.0. The zero-order valence-corrected chi connectivity index (χ0v) is 10.6. The van der Waals surface area contributed by atoms with Crippen molar-refractivity contribution in [1.29, 1.82) is 0 Å². The van der Waals surface area contributed by atoms with Crippen molar-refractivity contribution in [2.45, 2.75) is 19.3 Å². The Morgan fingerprint density at radius 3 is 2.62 bits per heavy atom. The highest BCUT2D eigenvalue weighted by Crippen LogP contribution is 2.40. The number of hydrogen-bond donors (Lipinski definition) is 2. The summed E-state index contributed by atoms with van der Waals surface area (Å²) in [6, 6.07) is 3.20. The molecule has 0 aliphatic heterocycles. The van der Waals surface area contributed by atoms with Crippen LogP contribution in [0.25, 0.3) is 0 Å². The number of carboxylic acid groups (broad SMARTS) is 1. The summed E-state index contributed by atoms with van der Waals surface area (Å²) in [7, 11) is 1.44. The van der Waals surface area contributed by atoms with E-state index in [2.05, 4.69) is 15.9 Å². The van der Waals surface area contributed by atoms with Crippen molar-refractivity contribution in [3.8, 4) is 11.5 Å². The van der Waals surface area contributed by atoms with Gasteiger partial charge in [0.1, 0.15) is 0 Å². The van der Waals surface area contributed by atoms with Crippen LogP contribution in [0.1, 0.15) is 24.8 Å². The van der Waals surface area contributed by atoms with Gasteiger partial charge >= 0.3 is 5.97 Å². The lowest BCUT2D eigenvalue weighted by molar-refractivity contribution is -0.138. The van der Waals surface area contributed by atoms with E-state index in [0.717, 1.165) is 0 Å². The number of aromatic hydroxyl groups is 1. The first-order chi connectivity index (χ1) is 7.52. The largest absolute Gasteiger partial charge is 0.503 e. The van der Waals surface area contributed by atoms with Gasteiger partial charge in [-0.05, 0) is 34.0 Å². The standard InChI is InChI=1S/C11H13BrO4/c1-3-6(11(14)15)7-4-5-8(16-2)10(13)9(7)12/h4-6,13H,3H2,1-2H3,(H,14,15). The Bertz CT molecular complexity index is 403. The molecule has 5 heteroatoms. The van der Waals surface area contributed by atoms with Crippen LogP contribution in [-0.4, -0.2) is 23.3 Å². The fraction of sp³-hybridized carbons (Fsp3) is 0.364. The summed E-state index contributed by atoms with van der Waals surface area (Å²) < 4.78 is 5.30. The summed E-state index contributed by atoms with van der Waals surface area (Å²) in [5, 5.41) is 18.8. The molecule has 88 valence electrons. The van der Waals surface area contributed by atoms with Gasteiger partial charge in [0.15, 0.2) is 11.5 Å². The summed E-state index contributed by atoms with van der Waals surface area (Å²) in [6.07, 6.45) is 0.458. The van der Waals surface area contributed by atoms with Gasteiger partial charge < -0.3 is 14.9 Å². The summed E-state index contributed by atoms with van der Waals surface area (Å²) >= 11 is 3.19. The van der Waals surface area contributed by atoms with Crippen LogP contribution < -0.4 is 4.74 Å². The van der Waals surface area contributed by atoms with Gasteiger partial charge in [0.05, 0.1) is 17.5 Å². The number of benzene rings is 1. The summed E-state index contributed by atoms with van der Waals surface area (Å²) in [5.41, 5.74) is 0.549. The van der Waals surface area contributed by atoms with Gasteiger partial charge in [0, 0.05) is 0 Å². The Morgan fingerprint density at radius 2 is 2.19 bits per heavy atom. The highest BCUT2D eigenvalue weighted by atomic mass is 79.9. The number of phenols is 1. The molecule has 1 rings (SSSR count). The summed E-state index contributed by atoms with van der Waals surface area (Å²) in [4.78, 5) is 11.0. The van der Waals surface area contributed by atoms with E-state index in [-0.39, 0.29) is 5.75 Å². The second kappa shape index (κ2) is 5.21. The first-order valence-corrected chi connectivity index (χ1v) is 5.60. The van der Waals surface area contributed by atoms with Crippen LogP contribution in [0, 0.1) is 0 Å². The third-order valence-electron chi connectivity index (χ3n) is 2.41. The topological polar surface area (TPSA) is 66.8 Å². The molecule has 0 radical (unpaired) electrons.